The lowest BCUT2D eigenvalue weighted by molar-refractivity contribution is -0.145. The molecule has 6 nitrogen and oxygen atoms in total. The second kappa shape index (κ2) is 5.72. The lowest BCUT2D eigenvalue weighted by Crippen LogP contribution is -2.12. The van der Waals surface area contributed by atoms with Crippen LogP contribution < -0.4 is 4.74 Å². The predicted molar refractivity (Wildman–Crippen MR) is 73.6 cm³/mol. The first-order valence-corrected chi connectivity index (χ1v) is 6.73. The zero-order chi connectivity index (χ0) is 16.4. The number of halogens is 3. The molecule has 118 valence electrons. The van der Waals surface area contributed by atoms with Gasteiger partial charge in [-0.3, -0.25) is 4.40 Å². The Morgan fingerprint density at radius 1 is 1.22 bits per heavy atom. The maximum absolute atomic E-state index is 13.1. The smallest absolute Gasteiger partial charge is 0.452 e. The van der Waals surface area contributed by atoms with E-state index >= 15 is 0 Å². The van der Waals surface area contributed by atoms with Crippen molar-refractivity contribution in [2.75, 3.05) is 6.61 Å². The number of hydrogen-bond acceptors (Lipinski definition) is 5. The molecule has 23 heavy (non-hydrogen) atoms. The summed E-state index contributed by atoms with van der Waals surface area (Å²) in [6, 6.07) is 8.32. The molecule has 0 aliphatic carbocycles. The molecule has 0 saturated heterocycles. The Morgan fingerprint density at radius 3 is 2.74 bits per heavy atom. The van der Waals surface area contributed by atoms with E-state index in [1.54, 1.807) is 18.2 Å². The minimum atomic E-state index is -4.65. The largest absolute Gasteiger partial charge is 0.475 e. The van der Waals surface area contributed by atoms with Gasteiger partial charge in [-0.1, -0.05) is 12.1 Å². The van der Waals surface area contributed by atoms with E-state index in [1.165, 1.54) is 6.07 Å². The third kappa shape index (κ3) is 2.75. The molecule has 2 aromatic heterocycles. The number of para-hydroxylation sites is 2. The number of rotatable bonds is 4. The Hall–Kier alpha value is -2.89. The molecule has 9 heteroatoms. The normalized spacial score (nSPS) is 11.7. The minimum absolute atomic E-state index is 0.0374. The van der Waals surface area contributed by atoms with Gasteiger partial charge < -0.3 is 4.74 Å². The highest BCUT2D eigenvalue weighted by atomic mass is 19.4. The molecule has 0 fully saturated rings. The van der Waals surface area contributed by atoms with Gasteiger partial charge in [0.05, 0.1) is 23.7 Å². The maximum atomic E-state index is 13.1. The molecule has 1 aromatic carbocycles. The standard InChI is InChI=1S/C14H10F3N5O/c15-14(16,17)13-21-20-11-12(23-8-4-3-7-18)19-9-5-1-2-6-10(9)22(11)13/h1-2,5-6H,3-4,8H2. The third-order valence-corrected chi connectivity index (χ3v) is 3.12. The lowest BCUT2D eigenvalue weighted by Gasteiger charge is -2.10. The van der Waals surface area contributed by atoms with Gasteiger partial charge in [0.2, 0.25) is 11.5 Å². The van der Waals surface area contributed by atoms with Gasteiger partial charge in [0.25, 0.3) is 5.88 Å². The van der Waals surface area contributed by atoms with Crippen LogP contribution in [0.15, 0.2) is 24.3 Å². The van der Waals surface area contributed by atoms with Crippen molar-refractivity contribution in [2.45, 2.75) is 19.0 Å². The number of aromatic nitrogens is 4. The fraction of sp³-hybridized carbons (Fsp3) is 0.286. The number of alkyl halides is 3. The number of unbranched alkanes of at least 4 members (excludes halogenated alkanes) is 1. The topological polar surface area (TPSA) is 76.1 Å². The van der Waals surface area contributed by atoms with E-state index in [2.05, 4.69) is 15.2 Å². The van der Waals surface area contributed by atoms with Crippen LogP contribution >= 0.6 is 0 Å². The quantitative estimate of drug-likeness (QED) is 0.691. The summed E-state index contributed by atoms with van der Waals surface area (Å²) in [7, 11) is 0. The molecule has 0 atom stereocenters. The first-order chi connectivity index (χ1) is 11.0. The molecule has 0 aliphatic rings. The molecule has 0 bridgehead atoms. The van der Waals surface area contributed by atoms with Crippen LogP contribution in [0.1, 0.15) is 18.7 Å². The second-order valence-electron chi connectivity index (χ2n) is 4.70. The van der Waals surface area contributed by atoms with Gasteiger partial charge in [0, 0.05) is 6.42 Å². The van der Waals surface area contributed by atoms with Gasteiger partial charge in [-0.25, -0.2) is 4.98 Å². The van der Waals surface area contributed by atoms with Crippen LogP contribution in [0, 0.1) is 11.3 Å². The summed E-state index contributed by atoms with van der Waals surface area (Å²) in [6.45, 7) is 0.156. The van der Waals surface area contributed by atoms with Crippen LogP contribution in [0.3, 0.4) is 0 Å². The third-order valence-electron chi connectivity index (χ3n) is 3.12. The zero-order valence-electron chi connectivity index (χ0n) is 11.7. The summed E-state index contributed by atoms with van der Waals surface area (Å²) in [6.07, 6.45) is -3.93. The van der Waals surface area contributed by atoms with Gasteiger partial charge in [-0.15, -0.1) is 10.2 Å². The molecule has 2 heterocycles. The molecule has 3 aromatic rings. The first-order valence-electron chi connectivity index (χ1n) is 6.73. The molecule has 0 unspecified atom stereocenters. The number of nitriles is 1. The summed E-state index contributed by atoms with van der Waals surface area (Å²) in [5.41, 5.74) is 0.470. The number of ether oxygens (including phenoxy) is 1. The van der Waals surface area contributed by atoms with Crippen LogP contribution in [-0.2, 0) is 6.18 Å². The van der Waals surface area contributed by atoms with Crippen molar-refractivity contribution in [3.8, 4) is 11.9 Å². The molecular formula is C14H10F3N5O. The van der Waals surface area contributed by atoms with E-state index in [0.29, 0.717) is 11.9 Å². The number of hydrogen-bond donors (Lipinski definition) is 0. The molecule has 0 aliphatic heterocycles. The highest BCUT2D eigenvalue weighted by Gasteiger charge is 2.38. The van der Waals surface area contributed by atoms with Crippen molar-refractivity contribution < 1.29 is 17.9 Å². The number of fused-ring (bicyclic) bond motifs is 3. The van der Waals surface area contributed by atoms with Crippen molar-refractivity contribution in [3.63, 3.8) is 0 Å². The van der Waals surface area contributed by atoms with Crippen LogP contribution in [-0.4, -0.2) is 26.2 Å². The molecule has 0 saturated carbocycles. The zero-order valence-corrected chi connectivity index (χ0v) is 11.7. The van der Waals surface area contributed by atoms with Crippen LogP contribution in [0.25, 0.3) is 16.7 Å². The molecule has 3 rings (SSSR count). The van der Waals surface area contributed by atoms with Crippen molar-refractivity contribution in [3.05, 3.63) is 30.1 Å². The Labute approximate surface area is 128 Å². The van der Waals surface area contributed by atoms with E-state index in [-0.39, 0.29) is 30.1 Å². The Bertz CT molecular complexity index is 897. The summed E-state index contributed by atoms with van der Waals surface area (Å²) in [4.78, 5) is 4.20. The maximum Gasteiger partial charge on any atom is 0.452 e. The van der Waals surface area contributed by atoms with Crippen molar-refractivity contribution >= 4 is 16.7 Å². The predicted octanol–water partition coefficient (Wildman–Crippen LogP) is 2.98. The summed E-state index contributed by atoms with van der Waals surface area (Å²) >= 11 is 0. The average molecular weight is 321 g/mol. The van der Waals surface area contributed by atoms with Crippen LogP contribution in [0.2, 0.25) is 0 Å². The summed E-state index contributed by atoms with van der Waals surface area (Å²) in [5, 5.41) is 15.3. The summed E-state index contributed by atoms with van der Waals surface area (Å²) < 4.78 is 45.7. The minimum Gasteiger partial charge on any atom is -0.475 e. The number of benzene rings is 1. The van der Waals surface area contributed by atoms with Gasteiger partial charge >= 0.3 is 6.18 Å². The van der Waals surface area contributed by atoms with Crippen molar-refractivity contribution in [1.82, 2.24) is 19.6 Å². The Morgan fingerprint density at radius 2 is 2.00 bits per heavy atom. The summed E-state index contributed by atoms with van der Waals surface area (Å²) in [5.74, 6) is -1.17. The van der Waals surface area contributed by atoms with Crippen molar-refractivity contribution in [2.24, 2.45) is 0 Å². The monoisotopic (exact) mass is 321 g/mol. The number of nitrogens with zero attached hydrogens (tertiary/aromatic N) is 5. The fourth-order valence-corrected chi connectivity index (χ4v) is 2.16. The van der Waals surface area contributed by atoms with Crippen LogP contribution in [0.4, 0.5) is 13.2 Å². The van der Waals surface area contributed by atoms with E-state index in [0.717, 1.165) is 4.40 Å². The Balaban J connectivity index is 2.17. The lowest BCUT2D eigenvalue weighted by atomic mass is 10.3. The molecular weight excluding hydrogens is 311 g/mol. The van der Waals surface area contributed by atoms with E-state index in [9.17, 15) is 13.2 Å². The average Bonchev–Trinajstić information content (AvgIpc) is 2.97. The fourth-order valence-electron chi connectivity index (χ4n) is 2.16. The van der Waals surface area contributed by atoms with Gasteiger partial charge in [-0.2, -0.15) is 18.4 Å². The van der Waals surface area contributed by atoms with Crippen molar-refractivity contribution in [1.29, 1.82) is 5.26 Å². The molecule has 0 amide bonds. The second-order valence-corrected chi connectivity index (χ2v) is 4.70. The molecule has 0 radical (unpaired) electrons. The molecule has 0 N–H and O–H groups in total. The first kappa shape index (κ1) is 15.0. The van der Waals surface area contributed by atoms with Crippen LogP contribution in [0.5, 0.6) is 5.88 Å². The van der Waals surface area contributed by atoms with Gasteiger partial charge in [0.15, 0.2) is 0 Å². The highest BCUT2D eigenvalue weighted by Crippen LogP contribution is 2.32. The van der Waals surface area contributed by atoms with E-state index < -0.39 is 12.0 Å². The Kier molecular flexibility index (Phi) is 3.73. The highest BCUT2D eigenvalue weighted by molar-refractivity contribution is 5.79. The van der Waals surface area contributed by atoms with E-state index in [1.807, 2.05) is 6.07 Å². The van der Waals surface area contributed by atoms with E-state index in [4.69, 9.17) is 10.00 Å². The van der Waals surface area contributed by atoms with Gasteiger partial charge in [-0.05, 0) is 18.6 Å². The SMILES string of the molecule is N#CCCCOc1nc2ccccc2n2c(C(F)(F)F)nnc12. The van der Waals surface area contributed by atoms with Gasteiger partial charge in [0.1, 0.15) is 0 Å². The molecule has 0 spiro atoms.